The largest absolute Gasteiger partial charge is 0.357 e. The fourth-order valence-corrected chi connectivity index (χ4v) is 4.67. The molecular formula is C26H26Cl2N2O2S. The third-order valence-corrected chi connectivity index (χ3v) is 6.84. The van der Waals surface area contributed by atoms with Gasteiger partial charge in [0.05, 0.1) is 5.75 Å². The molecular weight excluding hydrogens is 475 g/mol. The maximum Gasteiger partial charge on any atom is 0.242 e. The predicted octanol–water partition coefficient (Wildman–Crippen LogP) is 5.78. The van der Waals surface area contributed by atoms with Crippen LogP contribution in [0.3, 0.4) is 0 Å². The van der Waals surface area contributed by atoms with Gasteiger partial charge < -0.3 is 10.2 Å². The second-order valence-corrected chi connectivity index (χ2v) is 9.57. The predicted molar refractivity (Wildman–Crippen MR) is 137 cm³/mol. The molecule has 0 unspecified atom stereocenters. The standard InChI is InChI=1S/C26H26Cl2N2O2S/c1-18-8-12-22(13-9-18)33-17-25(31)30(16-20-10-11-21(27)15-23(20)28)24(26(32)29-2)14-19-6-4-3-5-7-19/h3-13,15,24H,14,16-17H2,1-2H3,(H,29,32)/t24-/m1/s1. The minimum absolute atomic E-state index is 0.142. The summed E-state index contributed by atoms with van der Waals surface area (Å²) in [5, 5.41) is 3.69. The molecule has 0 heterocycles. The number of benzene rings is 3. The molecule has 4 nitrogen and oxygen atoms in total. The van der Waals surface area contributed by atoms with E-state index in [1.165, 1.54) is 11.8 Å². The van der Waals surface area contributed by atoms with Gasteiger partial charge in [0, 0.05) is 35.0 Å². The summed E-state index contributed by atoms with van der Waals surface area (Å²) < 4.78 is 0. The van der Waals surface area contributed by atoms with Gasteiger partial charge in [0.15, 0.2) is 0 Å². The molecule has 7 heteroatoms. The number of carbonyl (C=O) groups is 2. The Kier molecular flexibility index (Phi) is 9.24. The third kappa shape index (κ3) is 7.26. The molecule has 0 radical (unpaired) electrons. The Balaban J connectivity index is 1.89. The normalized spacial score (nSPS) is 11.6. The minimum Gasteiger partial charge on any atom is -0.357 e. The Bertz CT molecular complexity index is 1090. The third-order valence-electron chi connectivity index (χ3n) is 5.26. The number of hydrogen-bond acceptors (Lipinski definition) is 3. The zero-order valence-electron chi connectivity index (χ0n) is 18.6. The molecule has 33 heavy (non-hydrogen) atoms. The molecule has 0 aliphatic carbocycles. The van der Waals surface area contributed by atoms with E-state index in [-0.39, 0.29) is 24.1 Å². The lowest BCUT2D eigenvalue weighted by Crippen LogP contribution is -2.50. The first-order valence-corrected chi connectivity index (χ1v) is 12.3. The van der Waals surface area contributed by atoms with Gasteiger partial charge in [-0.1, -0.05) is 77.3 Å². The number of likely N-dealkylation sites (N-methyl/N-ethyl adjacent to an activating group) is 1. The monoisotopic (exact) mass is 500 g/mol. The lowest BCUT2D eigenvalue weighted by atomic mass is 10.0. The summed E-state index contributed by atoms with van der Waals surface area (Å²) in [6.45, 7) is 2.23. The Morgan fingerprint density at radius 2 is 1.70 bits per heavy atom. The summed E-state index contributed by atoms with van der Waals surface area (Å²) in [6.07, 6.45) is 0.395. The topological polar surface area (TPSA) is 49.4 Å². The van der Waals surface area contributed by atoms with Crippen molar-refractivity contribution in [3.8, 4) is 0 Å². The van der Waals surface area contributed by atoms with Crippen LogP contribution in [0.15, 0.2) is 77.7 Å². The molecule has 3 aromatic rings. The Labute approximate surface area is 209 Å². The number of aryl methyl sites for hydroxylation is 1. The smallest absolute Gasteiger partial charge is 0.242 e. The van der Waals surface area contributed by atoms with Crippen LogP contribution >= 0.6 is 35.0 Å². The molecule has 3 rings (SSSR count). The second-order valence-electron chi connectivity index (χ2n) is 7.68. The fraction of sp³-hybridized carbons (Fsp3) is 0.231. The Morgan fingerprint density at radius 3 is 2.33 bits per heavy atom. The number of nitrogens with one attached hydrogen (secondary N) is 1. The maximum atomic E-state index is 13.5. The van der Waals surface area contributed by atoms with Gasteiger partial charge in [-0.2, -0.15) is 0 Å². The maximum absolute atomic E-state index is 13.5. The second kappa shape index (κ2) is 12.1. The number of thioether (sulfide) groups is 1. The van der Waals surface area contributed by atoms with E-state index in [1.54, 1.807) is 30.1 Å². The number of rotatable bonds is 9. The van der Waals surface area contributed by atoms with Crippen LogP contribution in [-0.2, 0) is 22.6 Å². The Morgan fingerprint density at radius 1 is 1.00 bits per heavy atom. The van der Waals surface area contributed by atoms with Crippen LogP contribution in [0, 0.1) is 6.92 Å². The molecule has 1 atom stereocenters. The van der Waals surface area contributed by atoms with E-state index < -0.39 is 6.04 Å². The van der Waals surface area contributed by atoms with E-state index >= 15 is 0 Å². The van der Waals surface area contributed by atoms with Crippen molar-refractivity contribution in [3.05, 3.63) is 99.5 Å². The molecule has 0 aliphatic heterocycles. The summed E-state index contributed by atoms with van der Waals surface area (Å²) in [4.78, 5) is 29.0. The number of hydrogen-bond donors (Lipinski definition) is 1. The van der Waals surface area contributed by atoms with Crippen molar-refractivity contribution in [2.45, 2.75) is 30.8 Å². The highest BCUT2D eigenvalue weighted by Crippen LogP contribution is 2.25. The lowest BCUT2D eigenvalue weighted by Gasteiger charge is -2.31. The van der Waals surface area contributed by atoms with E-state index in [0.29, 0.717) is 16.5 Å². The van der Waals surface area contributed by atoms with Crippen molar-refractivity contribution in [2.24, 2.45) is 0 Å². The molecule has 2 amide bonds. The highest BCUT2D eigenvalue weighted by molar-refractivity contribution is 8.00. The summed E-state index contributed by atoms with van der Waals surface area (Å²) >= 11 is 13.9. The van der Waals surface area contributed by atoms with Crippen LogP contribution in [0.1, 0.15) is 16.7 Å². The van der Waals surface area contributed by atoms with Crippen molar-refractivity contribution < 1.29 is 9.59 Å². The van der Waals surface area contributed by atoms with Gasteiger partial charge in [-0.25, -0.2) is 0 Å². The van der Waals surface area contributed by atoms with E-state index in [0.717, 1.165) is 21.6 Å². The molecule has 1 N–H and O–H groups in total. The number of carbonyl (C=O) groups excluding carboxylic acids is 2. The zero-order valence-corrected chi connectivity index (χ0v) is 20.9. The Hall–Kier alpha value is -2.47. The van der Waals surface area contributed by atoms with E-state index in [1.807, 2.05) is 61.5 Å². The minimum atomic E-state index is -0.685. The first kappa shape index (κ1) is 25.2. The molecule has 0 fully saturated rings. The number of halogens is 2. The first-order valence-electron chi connectivity index (χ1n) is 10.6. The van der Waals surface area contributed by atoms with Gasteiger partial charge in [0.25, 0.3) is 0 Å². The van der Waals surface area contributed by atoms with Crippen LogP contribution < -0.4 is 5.32 Å². The lowest BCUT2D eigenvalue weighted by molar-refractivity contribution is -0.139. The van der Waals surface area contributed by atoms with E-state index in [9.17, 15) is 9.59 Å². The molecule has 0 spiro atoms. The average Bonchev–Trinajstić information content (AvgIpc) is 2.82. The SMILES string of the molecule is CNC(=O)[C@@H](Cc1ccccc1)N(Cc1ccc(Cl)cc1Cl)C(=O)CSc1ccc(C)cc1. The van der Waals surface area contributed by atoms with Crippen molar-refractivity contribution in [1.29, 1.82) is 0 Å². The molecule has 3 aromatic carbocycles. The summed E-state index contributed by atoms with van der Waals surface area (Å²) in [5.74, 6) is -0.162. The van der Waals surface area contributed by atoms with Crippen molar-refractivity contribution in [3.63, 3.8) is 0 Å². The molecule has 0 aliphatic rings. The van der Waals surface area contributed by atoms with Crippen LogP contribution in [0.2, 0.25) is 10.0 Å². The molecule has 0 bridgehead atoms. The van der Waals surface area contributed by atoms with Crippen molar-refractivity contribution in [1.82, 2.24) is 10.2 Å². The fourth-order valence-electron chi connectivity index (χ4n) is 3.42. The highest BCUT2D eigenvalue weighted by Gasteiger charge is 2.30. The molecule has 0 saturated carbocycles. The average molecular weight is 501 g/mol. The number of amides is 2. The highest BCUT2D eigenvalue weighted by atomic mass is 35.5. The van der Waals surface area contributed by atoms with Crippen LogP contribution in [-0.4, -0.2) is 35.6 Å². The van der Waals surface area contributed by atoms with Crippen molar-refractivity contribution >= 4 is 46.8 Å². The first-order chi connectivity index (χ1) is 15.9. The summed E-state index contributed by atoms with van der Waals surface area (Å²) in [5.41, 5.74) is 2.86. The number of nitrogens with zero attached hydrogens (tertiary/aromatic N) is 1. The van der Waals surface area contributed by atoms with Gasteiger partial charge in [0.2, 0.25) is 11.8 Å². The van der Waals surface area contributed by atoms with Crippen molar-refractivity contribution in [2.75, 3.05) is 12.8 Å². The summed E-state index contributed by atoms with van der Waals surface area (Å²) in [6, 6.07) is 22.2. The van der Waals surface area contributed by atoms with Gasteiger partial charge in [-0.3, -0.25) is 9.59 Å². The van der Waals surface area contributed by atoms with Gasteiger partial charge in [-0.05, 0) is 42.3 Å². The van der Waals surface area contributed by atoms with Gasteiger partial charge in [0.1, 0.15) is 6.04 Å². The van der Waals surface area contributed by atoms with Gasteiger partial charge >= 0.3 is 0 Å². The van der Waals surface area contributed by atoms with Crippen LogP contribution in [0.4, 0.5) is 0 Å². The molecule has 172 valence electrons. The van der Waals surface area contributed by atoms with Gasteiger partial charge in [-0.15, -0.1) is 11.8 Å². The molecule has 0 aromatic heterocycles. The summed E-state index contributed by atoms with van der Waals surface area (Å²) in [7, 11) is 1.58. The van der Waals surface area contributed by atoms with Crippen LogP contribution in [0.5, 0.6) is 0 Å². The zero-order chi connectivity index (χ0) is 23.8. The molecule has 0 saturated heterocycles. The van der Waals surface area contributed by atoms with E-state index in [2.05, 4.69) is 5.32 Å². The van der Waals surface area contributed by atoms with Crippen LogP contribution in [0.25, 0.3) is 0 Å². The van der Waals surface area contributed by atoms with E-state index in [4.69, 9.17) is 23.2 Å². The quantitative estimate of drug-likeness (QED) is 0.378.